The minimum absolute atomic E-state index is 0.0121. The lowest BCUT2D eigenvalue weighted by Crippen LogP contribution is -2.42. The fourth-order valence-corrected chi connectivity index (χ4v) is 2.62. The number of terminal acetylenes is 1. The van der Waals surface area contributed by atoms with Crippen molar-refractivity contribution in [1.82, 2.24) is 5.32 Å². The number of carbonyl (C=O) groups is 2. The van der Waals surface area contributed by atoms with Crippen LogP contribution in [-0.4, -0.2) is 23.0 Å². The summed E-state index contributed by atoms with van der Waals surface area (Å²) in [5.74, 6) is 1.28. The molecule has 2 rings (SSSR count). The van der Waals surface area contributed by atoms with Crippen molar-refractivity contribution >= 4 is 11.9 Å². The maximum Gasteiger partial charge on any atom is 0.336 e. The zero-order valence-corrected chi connectivity index (χ0v) is 11.1. The normalized spacial score (nSPS) is 21.8. The minimum atomic E-state index is -1.10. The molecular weight excluding hydrogens is 254 g/mol. The first-order chi connectivity index (χ1) is 9.63. The second kappa shape index (κ2) is 6.25. The van der Waals surface area contributed by atoms with Gasteiger partial charge in [0, 0.05) is 12.0 Å². The van der Waals surface area contributed by atoms with Gasteiger partial charge in [-0.2, -0.15) is 0 Å². The number of hydrogen-bond donors (Lipinski definition) is 2. The van der Waals surface area contributed by atoms with Gasteiger partial charge in [0.15, 0.2) is 0 Å². The van der Waals surface area contributed by atoms with E-state index in [2.05, 4.69) is 11.2 Å². The second-order valence-corrected chi connectivity index (χ2v) is 4.99. The lowest BCUT2D eigenvalue weighted by atomic mass is 9.85. The molecule has 20 heavy (non-hydrogen) atoms. The van der Waals surface area contributed by atoms with Gasteiger partial charge >= 0.3 is 5.97 Å². The summed E-state index contributed by atoms with van der Waals surface area (Å²) in [6, 6.07) is 6.14. The van der Waals surface area contributed by atoms with Crippen molar-refractivity contribution in [2.45, 2.75) is 31.7 Å². The number of benzene rings is 1. The van der Waals surface area contributed by atoms with E-state index < -0.39 is 5.97 Å². The maximum atomic E-state index is 12.3. The van der Waals surface area contributed by atoms with Crippen LogP contribution in [0.3, 0.4) is 0 Å². The van der Waals surface area contributed by atoms with E-state index in [1.165, 1.54) is 12.1 Å². The second-order valence-electron chi connectivity index (χ2n) is 4.99. The van der Waals surface area contributed by atoms with Crippen LogP contribution in [0.1, 0.15) is 46.4 Å². The first kappa shape index (κ1) is 14.1. The van der Waals surface area contributed by atoms with E-state index in [0.717, 1.165) is 25.7 Å². The van der Waals surface area contributed by atoms with E-state index in [-0.39, 0.29) is 29.0 Å². The van der Waals surface area contributed by atoms with Crippen LogP contribution >= 0.6 is 0 Å². The number of amides is 1. The fourth-order valence-electron chi connectivity index (χ4n) is 2.62. The molecule has 1 aromatic carbocycles. The fraction of sp³-hybridized carbons (Fsp3) is 0.375. The Labute approximate surface area is 118 Å². The van der Waals surface area contributed by atoms with Gasteiger partial charge in [-0.1, -0.05) is 25.0 Å². The number of hydrogen-bond acceptors (Lipinski definition) is 2. The number of carboxylic acids is 1. The molecule has 0 spiro atoms. The van der Waals surface area contributed by atoms with Crippen molar-refractivity contribution in [2.75, 3.05) is 0 Å². The average molecular weight is 271 g/mol. The molecule has 1 aliphatic carbocycles. The average Bonchev–Trinajstić information content (AvgIpc) is 2.47. The van der Waals surface area contributed by atoms with Gasteiger partial charge in [-0.3, -0.25) is 4.79 Å². The lowest BCUT2D eigenvalue weighted by molar-refractivity contribution is 0.0690. The van der Waals surface area contributed by atoms with Gasteiger partial charge in [-0.25, -0.2) is 4.79 Å². The highest BCUT2D eigenvalue weighted by Gasteiger charge is 2.26. The molecule has 0 aromatic heterocycles. The quantitative estimate of drug-likeness (QED) is 0.829. The van der Waals surface area contributed by atoms with E-state index in [4.69, 9.17) is 11.5 Å². The van der Waals surface area contributed by atoms with E-state index >= 15 is 0 Å². The van der Waals surface area contributed by atoms with E-state index in [9.17, 15) is 9.59 Å². The smallest absolute Gasteiger partial charge is 0.336 e. The van der Waals surface area contributed by atoms with Crippen molar-refractivity contribution < 1.29 is 14.7 Å². The van der Waals surface area contributed by atoms with Gasteiger partial charge in [0.1, 0.15) is 0 Å². The highest BCUT2D eigenvalue weighted by atomic mass is 16.4. The van der Waals surface area contributed by atoms with Crippen molar-refractivity contribution in [3.63, 3.8) is 0 Å². The summed E-state index contributed by atoms with van der Waals surface area (Å²) in [5, 5.41) is 12.0. The zero-order chi connectivity index (χ0) is 14.5. The number of rotatable bonds is 3. The summed E-state index contributed by atoms with van der Waals surface area (Å²) in [6.07, 6.45) is 9.35. The molecule has 104 valence electrons. The minimum Gasteiger partial charge on any atom is -0.478 e. The van der Waals surface area contributed by atoms with Gasteiger partial charge in [0.2, 0.25) is 0 Å². The molecule has 0 aliphatic heterocycles. The molecule has 4 nitrogen and oxygen atoms in total. The van der Waals surface area contributed by atoms with E-state index in [1.807, 2.05) is 0 Å². The van der Waals surface area contributed by atoms with Crippen LogP contribution in [0.2, 0.25) is 0 Å². The highest BCUT2D eigenvalue weighted by Crippen LogP contribution is 2.24. The Balaban J connectivity index is 2.16. The lowest BCUT2D eigenvalue weighted by Gasteiger charge is -2.28. The SMILES string of the molecule is C#CC1CCCCC1NC(=O)c1ccccc1C(=O)O. The van der Waals surface area contributed by atoms with Gasteiger partial charge in [0.05, 0.1) is 11.1 Å². The van der Waals surface area contributed by atoms with E-state index in [0.29, 0.717) is 0 Å². The number of aromatic carboxylic acids is 1. The molecule has 4 heteroatoms. The topological polar surface area (TPSA) is 66.4 Å². The van der Waals surface area contributed by atoms with Gasteiger partial charge in [-0.15, -0.1) is 12.3 Å². The Kier molecular flexibility index (Phi) is 4.41. The predicted molar refractivity (Wildman–Crippen MR) is 75.4 cm³/mol. The first-order valence-electron chi connectivity index (χ1n) is 6.73. The van der Waals surface area contributed by atoms with Crippen LogP contribution in [0.5, 0.6) is 0 Å². The molecule has 1 saturated carbocycles. The first-order valence-corrected chi connectivity index (χ1v) is 6.73. The van der Waals surface area contributed by atoms with Crippen molar-refractivity contribution in [2.24, 2.45) is 5.92 Å². The molecule has 0 heterocycles. The Morgan fingerprint density at radius 1 is 1.20 bits per heavy atom. The molecule has 0 radical (unpaired) electrons. The summed E-state index contributed by atoms with van der Waals surface area (Å²) >= 11 is 0. The number of carbonyl (C=O) groups excluding carboxylic acids is 1. The Morgan fingerprint density at radius 2 is 1.85 bits per heavy atom. The van der Waals surface area contributed by atoms with E-state index in [1.54, 1.807) is 12.1 Å². The molecule has 0 bridgehead atoms. The molecular formula is C16H17NO3. The summed E-state index contributed by atoms with van der Waals surface area (Å²) in [4.78, 5) is 23.4. The zero-order valence-electron chi connectivity index (χ0n) is 11.1. The molecule has 0 saturated heterocycles. The molecule has 1 fully saturated rings. The van der Waals surface area contributed by atoms with Crippen molar-refractivity contribution in [1.29, 1.82) is 0 Å². The molecule has 2 atom stereocenters. The highest BCUT2D eigenvalue weighted by molar-refractivity contribution is 6.04. The summed E-state index contributed by atoms with van der Waals surface area (Å²) in [5.41, 5.74) is 0.194. The summed E-state index contributed by atoms with van der Waals surface area (Å²) < 4.78 is 0. The Morgan fingerprint density at radius 3 is 2.50 bits per heavy atom. The largest absolute Gasteiger partial charge is 0.478 e. The third-order valence-corrected chi connectivity index (χ3v) is 3.70. The molecule has 1 aromatic rings. The van der Waals surface area contributed by atoms with Gasteiger partial charge < -0.3 is 10.4 Å². The maximum absolute atomic E-state index is 12.3. The van der Waals surface area contributed by atoms with Crippen LogP contribution in [0.4, 0.5) is 0 Å². The van der Waals surface area contributed by atoms with Crippen LogP contribution in [-0.2, 0) is 0 Å². The number of carboxylic acid groups (broad SMARTS) is 1. The third-order valence-electron chi connectivity index (χ3n) is 3.70. The summed E-state index contributed by atoms with van der Waals surface area (Å²) in [7, 11) is 0. The van der Waals surface area contributed by atoms with Crippen LogP contribution in [0.15, 0.2) is 24.3 Å². The van der Waals surface area contributed by atoms with Crippen LogP contribution in [0, 0.1) is 18.3 Å². The molecule has 1 aliphatic rings. The third kappa shape index (κ3) is 3.00. The van der Waals surface area contributed by atoms with Crippen molar-refractivity contribution in [3.05, 3.63) is 35.4 Å². The molecule has 2 N–H and O–H groups in total. The standard InChI is InChI=1S/C16H17NO3/c1-2-11-7-3-6-10-14(11)17-15(18)12-8-4-5-9-13(12)16(19)20/h1,4-5,8-9,11,14H,3,6-7,10H2,(H,17,18)(H,19,20). The monoisotopic (exact) mass is 271 g/mol. The molecule has 2 unspecified atom stereocenters. The van der Waals surface area contributed by atoms with Gasteiger partial charge in [0.25, 0.3) is 5.91 Å². The number of nitrogens with one attached hydrogen (secondary N) is 1. The van der Waals surface area contributed by atoms with Crippen molar-refractivity contribution in [3.8, 4) is 12.3 Å². The Hall–Kier alpha value is -2.28. The van der Waals surface area contributed by atoms with Crippen LogP contribution < -0.4 is 5.32 Å². The molecule has 1 amide bonds. The van der Waals surface area contributed by atoms with Gasteiger partial charge in [-0.05, 0) is 25.0 Å². The Bertz CT molecular complexity index is 559. The van der Waals surface area contributed by atoms with Crippen LogP contribution in [0.25, 0.3) is 0 Å². The summed E-state index contributed by atoms with van der Waals surface area (Å²) in [6.45, 7) is 0. The predicted octanol–water partition coefficient (Wildman–Crippen LogP) is 2.31.